The fourth-order valence-electron chi connectivity index (χ4n) is 3.69. The van der Waals surface area contributed by atoms with E-state index in [9.17, 15) is 5.11 Å². The molecule has 0 bridgehead atoms. The van der Waals surface area contributed by atoms with E-state index in [0.29, 0.717) is 6.04 Å². The summed E-state index contributed by atoms with van der Waals surface area (Å²) >= 11 is 0. The van der Waals surface area contributed by atoms with Crippen molar-refractivity contribution in [1.29, 1.82) is 0 Å². The Kier molecular flexibility index (Phi) is 6.62. The lowest BCUT2D eigenvalue weighted by atomic mass is 10.0. The molecule has 0 aliphatic carbocycles. The molecule has 0 amide bonds. The summed E-state index contributed by atoms with van der Waals surface area (Å²) in [6.07, 6.45) is 5.82. The largest absolute Gasteiger partial charge is 0.396 e. The Hall–Kier alpha value is -1.69. The molecule has 25 heavy (non-hydrogen) atoms. The molecular formula is C20H30N4O. The number of rotatable bonds is 8. The van der Waals surface area contributed by atoms with Gasteiger partial charge in [0.05, 0.1) is 0 Å². The van der Waals surface area contributed by atoms with Gasteiger partial charge in [0.1, 0.15) is 0 Å². The van der Waals surface area contributed by atoms with Gasteiger partial charge < -0.3 is 10.0 Å². The van der Waals surface area contributed by atoms with Gasteiger partial charge in [-0.3, -0.25) is 9.58 Å². The highest BCUT2D eigenvalue weighted by Crippen LogP contribution is 2.18. The standard InChI is InChI=1S/C20H30N4O/c1-18-6-2-3-7-19(18)16-23-14-13-22(17-20(23)8-15-25)10-5-12-24-11-4-9-21-24/h2-4,6-7,9,11,20,25H,5,8,10,12-17H2,1H3. The maximum absolute atomic E-state index is 9.49. The Morgan fingerprint density at radius 3 is 2.80 bits per heavy atom. The Labute approximate surface area is 150 Å². The average molecular weight is 342 g/mol. The van der Waals surface area contributed by atoms with Gasteiger partial charge in [-0.05, 0) is 37.0 Å². The van der Waals surface area contributed by atoms with E-state index in [0.717, 1.165) is 52.1 Å². The summed E-state index contributed by atoms with van der Waals surface area (Å²) in [6, 6.07) is 11.0. The molecule has 5 heteroatoms. The monoisotopic (exact) mass is 342 g/mol. The molecule has 136 valence electrons. The summed E-state index contributed by atoms with van der Waals surface area (Å²) in [4.78, 5) is 5.08. The van der Waals surface area contributed by atoms with Crippen LogP contribution in [0, 0.1) is 6.92 Å². The first-order valence-electron chi connectivity index (χ1n) is 9.35. The zero-order valence-corrected chi connectivity index (χ0v) is 15.2. The fraction of sp³-hybridized carbons (Fsp3) is 0.550. The van der Waals surface area contributed by atoms with Crippen molar-refractivity contribution < 1.29 is 5.11 Å². The van der Waals surface area contributed by atoms with Crippen molar-refractivity contribution in [2.45, 2.75) is 38.9 Å². The maximum atomic E-state index is 9.49. The molecule has 5 nitrogen and oxygen atoms in total. The third-order valence-corrected chi connectivity index (χ3v) is 5.21. The summed E-state index contributed by atoms with van der Waals surface area (Å²) in [5.74, 6) is 0. The molecule has 2 heterocycles. The Morgan fingerprint density at radius 1 is 1.16 bits per heavy atom. The molecule has 1 fully saturated rings. The van der Waals surface area contributed by atoms with Crippen LogP contribution in [0.1, 0.15) is 24.0 Å². The van der Waals surface area contributed by atoms with E-state index in [1.807, 2.05) is 23.1 Å². The second kappa shape index (κ2) is 9.13. The Balaban J connectivity index is 1.52. The highest BCUT2D eigenvalue weighted by atomic mass is 16.3. The highest BCUT2D eigenvalue weighted by molar-refractivity contribution is 5.25. The Morgan fingerprint density at radius 2 is 2.04 bits per heavy atom. The lowest BCUT2D eigenvalue weighted by molar-refractivity contribution is 0.0524. The zero-order valence-electron chi connectivity index (χ0n) is 15.2. The van der Waals surface area contributed by atoms with Crippen LogP contribution in [-0.4, -0.2) is 63.5 Å². The molecule has 1 atom stereocenters. The third kappa shape index (κ3) is 5.14. The summed E-state index contributed by atoms with van der Waals surface area (Å²) in [6.45, 7) is 8.72. The zero-order chi connectivity index (χ0) is 17.5. The van der Waals surface area contributed by atoms with E-state index < -0.39 is 0 Å². The first kappa shape index (κ1) is 18.1. The van der Waals surface area contributed by atoms with Gasteiger partial charge in [0, 0.05) is 64.3 Å². The van der Waals surface area contributed by atoms with E-state index in [4.69, 9.17) is 0 Å². The SMILES string of the molecule is Cc1ccccc1CN1CCN(CCCn2cccn2)CC1CCO. The van der Waals surface area contributed by atoms with Crippen LogP contribution >= 0.6 is 0 Å². The molecule has 1 saturated heterocycles. The number of nitrogens with zero attached hydrogens (tertiary/aromatic N) is 4. The van der Waals surface area contributed by atoms with Crippen LogP contribution in [0.4, 0.5) is 0 Å². The molecule has 0 saturated carbocycles. The quantitative estimate of drug-likeness (QED) is 0.798. The van der Waals surface area contributed by atoms with Crippen LogP contribution in [0.3, 0.4) is 0 Å². The summed E-state index contributed by atoms with van der Waals surface area (Å²) in [7, 11) is 0. The molecule has 3 rings (SSSR count). The second-order valence-electron chi connectivity index (χ2n) is 6.99. The van der Waals surface area contributed by atoms with Crippen LogP contribution in [0.2, 0.25) is 0 Å². The normalized spacial score (nSPS) is 19.4. The van der Waals surface area contributed by atoms with Crippen molar-refractivity contribution in [3.05, 3.63) is 53.9 Å². The molecule has 1 aliphatic heterocycles. The molecular weight excluding hydrogens is 312 g/mol. The molecule has 0 radical (unpaired) electrons. The van der Waals surface area contributed by atoms with Crippen LogP contribution in [-0.2, 0) is 13.1 Å². The molecule has 1 N–H and O–H groups in total. The predicted molar refractivity (Wildman–Crippen MR) is 100 cm³/mol. The topological polar surface area (TPSA) is 44.5 Å². The van der Waals surface area contributed by atoms with Gasteiger partial charge >= 0.3 is 0 Å². The number of benzene rings is 1. The maximum Gasteiger partial charge on any atom is 0.0489 e. The first-order chi connectivity index (χ1) is 12.3. The first-order valence-corrected chi connectivity index (χ1v) is 9.35. The van der Waals surface area contributed by atoms with E-state index >= 15 is 0 Å². The smallest absolute Gasteiger partial charge is 0.0489 e. The molecule has 1 unspecified atom stereocenters. The lowest BCUT2D eigenvalue weighted by Gasteiger charge is -2.41. The van der Waals surface area contributed by atoms with Crippen molar-refractivity contribution >= 4 is 0 Å². The van der Waals surface area contributed by atoms with Crippen molar-refractivity contribution in [2.24, 2.45) is 0 Å². The van der Waals surface area contributed by atoms with Crippen molar-refractivity contribution in [3.63, 3.8) is 0 Å². The summed E-state index contributed by atoms with van der Waals surface area (Å²) < 4.78 is 2.00. The number of aliphatic hydroxyl groups is 1. The van der Waals surface area contributed by atoms with Crippen LogP contribution in [0.15, 0.2) is 42.7 Å². The number of hydrogen-bond acceptors (Lipinski definition) is 4. The van der Waals surface area contributed by atoms with Gasteiger partial charge in [-0.15, -0.1) is 0 Å². The van der Waals surface area contributed by atoms with Gasteiger partial charge in [0.25, 0.3) is 0 Å². The molecule has 1 aromatic heterocycles. The van der Waals surface area contributed by atoms with E-state index in [-0.39, 0.29) is 6.61 Å². The van der Waals surface area contributed by atoms with E-state index in [1.165, 1.54) is 11.1 Å². The van der Waals surface area contributed by atoms with Crippen LogP contribution < -0.4 is 0 Å². The minimum atomic E-state index is 0.260. The van der Waals surface area contributed by atoms with Gasteiger partial charge in [-0.25, -0.2) is 0 Å². The number of aromatic nitrogens is 2. The molecule has 0 spiro atoms. The second-order valence-corrected chi connectivity index (χ2v) is 6.99. The van der Waals surface area contributed by atoms with Crippen LogP contribution in [0.25, 0.3) is 0 Å². The van der Waals surface area contributed by atoms with E-state index in [2.05, 4.69) is 46.1 Å². The molecule has 1 aliphatic rings. The number of aliphatic hydroxyl groups excluding tert-OH is 1. The Bertz CT molecular complexity index is 628. The lowest BCUT2D eigenvalue weighted by Crippen LogP contribution is -2.53. The number of piperazine rings is 1. The summed E-state index contributed by atoms with van der Waals surface area (Å²) in [5, 5.41) is 13.8. The third-order valence-electron chi connectivity index (χ3n) is 5.21. The van der Waals surface area contributed by atoms with Crippen LogP contribution in [0.5, 0.6) is 0 Å². The minimum Gasteiger partial charge on any atom is -0.396 e. The van der Waals surface area contributed by atoms with Gasteiger partial charge in [0.2, 0.25) is 0 Å². The molecule has 2 aromatic rings. The van der Waals surface area contributed by atoms with Gasteiger partial charge in [-0.2, -0.15) is 5.10 Å². The average Bonchev–Trinajstić information content (AvgIpc) is 3.13. The fourth-order valence-corrected chi connectivity index (χ4v) is 3.69. The van der Waals surface area contributed by atoms with Gasteiger partial charge in [-0.1, -0.05) is 24.3 Å². The summed E-state index contributed by atoms with van der Waals surface area (Å²) in [5.41, 5.74) is 2.75. The van der Waals surface area contributed by atoms with Gasteiger partial charge in [0.15, 0.2) is 0 Å². The van der Waals surface area contributed by atoms with Crippen molar-refractivity contribution in [1.82, 2.24) is 19.6 Å². The number of aryl methyl sites for hydroxylation is 2. The van der Waals surface area contributed by atoms with Crippen molar-refractivity contribution in [2.75, 3.05) is 32.8 Å². The van der Waals surface area contributed by atoms with E-state index in [1.54, 1.807) is 0 Å². The van der Waals surface area contributed by atoms with Crippen molar-refractivity contribution in [3.8, 4) is 0 Å². The minimum absolute atomic E-state index is 0.260. The highest BCUT2D eigenvalue weighted by Gasteiger charge is 2.26. The predicted octanol–water partition coefficient (Wildman–Crippen LogP) is 2.15. The molecule has 1 aromatic carbocycles. The number of hydrogen-bond donors (Lipinski definition) is 1.